The number of nitrogens with zero attached hydrogens (tertiary/aromatic N) is 3. The van der Waals surface area contributed by atoms with Crippen molar-refractivity contribution in [3.8, 4) is 10.8 Å². The van der Waals surface area contributed by atoms with Gasteiger partial charge in [-0.15, -0.1) is 11.3 Å². The molecule has 17 heavy (non-hydrogen) atoms. The SMILES string of the molecule is CC.CNCCc1csc(-c2ncccn2)n1. The van der Waals surface area contributed by atoms with Crippen LogP contribution in [0, 0.1) is 0 Å². The molecule has 0 radical (unpaired) electrons. The molecule has 0 saturated heterocycles. The fourth-order valence-corrected chi connectivity index (χ4v) is 1.99. The molecule has 92 valence electrons. The zero-order chi connectivity index (χ0) is 12.5. The van der Waals surface area contributed by atoms with Gasteiger partial charge in [-0.25, -0.2) is 15.0 Å². The van der Waals surface area contributed by atoms with Crippen LogP contribution in [0.1, 0.15) is 19.5 Å². The molecule has 2 aromatic heterocycles. The van der Waals surface area contributed by atoms with Crippen LogP contribution < -0.4 is 5.32 Å². The third kappa shape index (κ3) is 4.20. The van der Waals surface area contributed by atoms with Gasteiger partial charge >= 0.3 is 0 Å². The highest BCUT2D eigenvalue weighted by atomic mass is 32.1. The third-order valence-corrected chi connectivity index (χ3v) is 2.83. The second-order valence-corrected chi connectivity index (χ2v) is 3.93. The van der Waals surface area contributed by atoms with Crippen molar-refractivity contribution in [2.45, 2.75) is 20.3 Å². The molecule has 0 aromatic carbocycles. The lowest BCUT2D eigenvalue weighted by Crippen LogP contribution is -2.10. The molecule has 2 rings (SSSR count). The largest absolute Gasteiger partial charge is 0.319 e. The van der Waals surface area contributed by atoms with E-state index in [9.17, 15) is 0 Å². The van der Waals surface area contributed by atoms with E-state index in [1.165, 1.54) is 0 Å². The Balaban J connectivity index is 0.000000686. The number of rotatable bonds is 4. The number of likely N-dealkylation sites (N-methyl/N-ethyl adjacent to an activating group) is 1. The molecule has 0 unspecified atom stereocenters. The van der Waals surface area contributed by atoms with Crippen molar-refractivity contribution in [2.24, 2.45) is 0 Å². The Morgan fingerprint density at radius 2 is 1.94 bits per heavy atom. The molecule has 0 fully saturated rings. The van der Waals surface area contributed by atoms with Gasteiger partial charge in [0, 0.05) is 30.7 Å². The maximum Gasteiger partial charge on any atom is 0.188 e. The van der Waals surface area contributed by atoms with E-state index in [4.69, 9.17) is 0 Å². The first-order chi connectivity index (χ1) is 8.40. The monoisotopic (exact) mass is 250 g/mol. The molecule has 0 aliphatic carbocycles. The van der Waals surface area contributed by atoms with E-state index in [1.54, 1.807) is 29.8 Å². The van der Waals surface area contributed by atoms with E-state index in [0.29, 0.717) is 5.82 Å². The van der Waals surface area contributed by atoms with Crippen LogP contribution in [-0.2, 0) is 6.42 Å². The van der Waals surface area contributed by atoms with Crippen molar-refractivity contribution in [2.75, 3.05) is 13.6 Å². The molecule has 0 saturated carbocycles. The van der Waals surface area contributed by atoms with E-state index >= 15 is 0 Å². The van der Waals surface area contributed by atoms with Crippen LogP contribution in [0.15, 0.2) is 23.8 Å². The maximum absolute atomic E-state index is 4.47. The summed E-state index contributed by atoms with van der Waals surface area (Å²) in [4.78, 5) is 12.8. The lowest BCUT2D eigenvalue weighted by Gasteiger charge is -1.94. The summed E-state index contributed by atoms with van der Waals surface area (Å²) in [6.45, 7) is 4.94. The van der Waals surface area contributed by atoms with Crippen LogP contribution in [0.2, 0.25) is 0 Å². The van der Waals surface area contributed by atoms with Gasteiger partial charge in [0.25, 0.3) is 0 Å². The minimum absolute atomic E-state index is 0.707. The number of thiazole rings is 1. The Labute approximate surface area is 106 Å². The van der Waals surface area contributed by atoms with Gasteiger partial charge in [0.2, 0.25) is 0 Å². The zero-order valence-corrected chi connectivity index (χ0v) is 11.3. The van der Waals surface area contributed by atoms with Gasteiger partial charge in [-0.3, -0.25) is 0 Å². The van der Waals surface area contributed by atoms with E-state index in [0.717, 1.165) is 23.7 Å². The predicted octanol–water partition coefficient (Wildman–Crippen LogP) is 2.39. The fourth-order valence-electron chi connectivity index (χ4n) is 1.19. The standard InChI is InChI=1S/C10H12N4S.C2H6/c1-11-6-3-8-7-15-10(14-8)9-12-4-2-5-13-9;1-2/h2,4-5,7,11H,3,6H2,1H3;1-2H3. The summed E-state index contributed by atoms with van der Waals surface area (Å²) in [5, 5.41) is 6.05. The van der Waals surface area contributed by atoms with Crippen molar-refractivity contribution in [3.63, 3.8) is 0 Å². The summed E-state index contributed by atoms with van der Waals surface area (Å²) >= 11 is 1.59. The van der Waals surface area contributed by atoms with E-state index in [2.05, 4.69) is 25.6 Å². The smallest absolute Gasteiger partial charge is 0.188 e. The van der Waals surface area contributed by atoms with Gasteiger partial charge in [-0.1, -0.05) is 13.8 Å². The summed E-state index contributed by atoms with van der Waals surface area (Å²) in [6.07, 6.45) is 4.41. The molecule has 5 heteroatoms. The first-order valence-corrected chi connectivity index (χ1v) is 6.64. The van der Waals surface area contributed by atoms with Crippen molar-refractivity contribution >= 4 is 11.3 Å². The highest BCUT2D eigenvalue weighted by Crippen LogP contribution is 2.19. The summed E-state index contributed by atoms with van der Waals surface area (Å²) < 4.78 is 0. The minimum Gasteiger partial charge on any atom is -0.319 e. The summed E-state index contributed by atoms with van der Waals surface area (Å²) in [5.74, 6) is 0.707. The minimum atomic E-state index is 0.707. The Bertz CT molecular complexity index is 413. The van der Waals surface area contributed by atoms with Gasteiger partial charge in [0.1, 0.15) is 0 Å². The second kappa shape index (κ2) is 7.86. The number of hydrogen-bond acceptors (Lipinski definition) is 5. The molecule has 2 heterocycles. The maximum atomic E-state index is 4.47. The first kappa shape index (κ1) is 13.7. The molecule has 0 atom stereocenters. The highest BCUT2D eigenvalue weighted by Gasteiger charge is 2.05. The van der Waals surface area contributed by atoms with Crippen molar-refractivity contribution in [1.29, 1.82) is 0 Å². The zero-order valence-electron chi connectivity index (χ0n) is 10.5. The second-order valence-electron chi connectivity index (χ2n) is 3.07. The van der Waals surface area contributed by atoms with E-state index < -0.39 is 0 Å². The molecular weight excluding hydrogens is 232 g/mol. The molecule has 0 aliphatic heterocycles. The van der Waals surface area contributed by atoms with Gasteiger partial charge in [-0.2, -0.15) is 0 Å². The van der Waals surface area contributed by atoms with E-state index in [1.807, 2.05) is 20.9 Å². The Kier molecular flexibility index (Phi) is 6.35. The molecule has 2 aromatic rings. The molecule has 0 spiro atoms. The molecule has 1 N–H and O–H groups in total. The summed E-state index contributed by atoms with van der Waals surface area (Å²) in [6, 6.07) is 1.80. The molecular formula is C12H18N4S. The number of nitrogens with one attached hydrogen (secondary N) is 1. The lowest BCUT2D eigenvalue weighted by molar-refractivity contribution is 0.780. The molecule has 0 aliphatic rings. The van der Waals surface area contributed by atoms with Crippen LogP contribution in [0.5, 0.6) is 0 Å². The summed E-state index contributed by atoms with van der Waals surface area (Å²) in [5.41, 5.74) is 1.09. The molecule has 4 nitrogen and oxygen atoms in total. The Hall–Kier alpha value is -1.33. The highest BCUT2D eigenvalue weighted by molar-refractivity contribution is 7.13. The fraction of sp³-hybridized carbons (Fsp3) is 0.417. The third-order valence-electron chi connectivity index (χ3n) is 1.94. The lowest BCUT2D eigenvalue weighted by atomic mass is 10.3. The summed E-state index contributed by atoms with van der Waals surface area (Å²) in [7, 11) is 1.94. The van der Waals surface area contributed by atoms with E-state index in [-0.39, 0.29) is 0 Å². The topological polar surface area (TPSA) is 50.7 Å². The predicted molar refractivity (Wildman–Crippen MR) is 72.1 cm³/mol. The van der Waals surface area contributed by atoms with Crippen molar-refractivity contribution < 1.29 is 0 Å². The van der Waals surface area contributed by atoms with Crippen molar-refractivity contribution in [1.82, 2.24) is 20.3 Å². The van der Waals surface area contributed by atoms with Crippen LogP contribution >= 0.6 is 11.3 Å². The molecule has 0 bridgehead atoms. The first-order valence-electron chi connectivity index (χ1n) is 5.76. The van der Waals surface area contributed by atoms with Crippen LogP contribution in [0.3, 0.4) is 0 Å². The van der Waals surface area contributed by atoms with Crippen molar-refractivity contribution in [3.05, 3.63) is 29.5 Å². The van der Waals surface area contributed by atoms with Gasteiger partial charge in [0.15, 0.2) is 10.8 Å². The average molecular weight is 250 g/mol. The van der Waals surface area contributed by atoms with Crippen LogP contribution in [-0.4, -0.2) is 28.5 Å². The van der Waals surface area contributed by atoms with Gasteiger partial charge < -0.3 is 5.32 Å². The normalized spacial score (nSPS) is 9.59. The number of aromatic nitrogens is 3. The molecule has 0 amide bonds. The van der Waals surface area contributed by atoms with Crippen LogP contribution in [0.4, 0.5) is 0 Å². The average Bonchev–Trinajstić information content (AvgIpc) is 2.88. The van der Waals surface area contributed by atoms with Gasteiger partial charge in [-0.05, 0) is 13.1 Å². The van der Waals surface area contributed by atoms with Crippen LogP contribution in [0.25, 0.3) is 10.8 Å². The number of hydrogen-bond donors (Lipinski definition) is 1. The Morgan fingerprint density at radius 3 is 2.59 bits per heavy atom. The quantitative estimate of drug-likeness (QED) is 0.905. The van der Waals surface area contributed by atoms with Gasteiger partial charge in [0.05, 0.1) is 5.69 Å². The Morgan fingerprint density at radius 1 is 1.24 bits per heavy atom.